The van der Waals surface area contributed by atoms with Crippen molar-refractivity contribution in [3.8, 4) is 11.5 Å². The van der Waals surface area contributed by atoms with E-state index in [1.165, 1.54) is 0 Å². The lowest BCUT2D eigenvalue weighted by Gasteiger charge is -2.08. The molecule has 0 heterocycles. The molecular formula is C16H14NO5-. The normalized spacial score (nSPS) is 10.0. The van der Waals surface area contributed by atoms with Crippen molar-refractivity contribution in [2.75, 3.05) is 18.5 Å². The number of carboxylic acids is 1. The lowest BCUT2D eigenvalue weighted by atomic mass is 10.3. The highest BCUT2D eigenvalue weighted by atomic mass is 16.5. The van der Waals surface area contributed by atoms with Gasteiger partial charge in [-0.2, -0.15) is 0 Å². The number of hydrogen-bond donors (Lipinski definition) is 1. The van der Waals surface area contributed by atoms with Gasteiger partial charge >= 0.3 is 0 Å². The molecule has 1 amide bonds. The van der Waals surface area contributed by atoms with Gasteiger partial charge in [0.1, 0.15) is 18.1 Å². The molecule has 2 aromatic carbocycles. The quantitative estimate of drug-likeness (QED) is 0.829. The zero-order valence-electron chi connectivity index (χ0n) is 11.7. The molecule has 2 rings (SSSR count). The molecule has 22 heavy (non-hydrogen) atoms. The Balaban J connectivity index is 1.84. The van der Waals surface area contributed by atoms with Crippen molar-refractivity contribution < 1.29 is 24.2 Å². The Bertz CT molecular complexity index is 625. The summed E-state index contributed by atoms with van der Waals surface area (Å²) >= 11 is 0. The van der Waals surface area contributed by atoms with E-state index < -0.39 is 18.5 Å². The highest BCUT2D eigenvalue weighted by Crippen LogP contribution is 2.22. The molecule has 6 heteroatoms. The van der Waals surface area contributed by atoms with Gasteiger partial charge in [0.05, 0.1) is 12.6 Å². The van der Waals surface area contributed by atoms with E-state index in [-0.39, 0.29) is 6.61 Å². The first-order valence-electron chi connectivity index (χ1n) is 6.54. The zero-order valence-corrected chi connectivity index (χ0v) is 11.7. The Labute approximate surface area is 127 Å². The molecule has 2 aromatic rings. The summed E-state index contributed by atoms with van der Waals surface area (Å²) in [6.07, 6.45) is 0. The fourth-order valence-corrected chi connectivity index (χ4v) is 1.66. The average Bonchev–Trinajstić information content (AvgIpc) is 2.50. The first-order chi connectivity index (χ1) is 10.6. The Morgan fingerprint density at radius 3 is 2.18 bits per heavy atom. The third-order valence-electron chi connectivity index (χ3n) is 2.57. The van der Waals surface area contributed by atoms with Crippen LogP contribution in [0.1, 0.15) is 0 Å². The van der Waals surface area contributed by atoms with E-state index in [0.29, 0.717) is 11.4 Å². The topological polar surface area (TPSA) is 87.7 Å². The number of rotatable bonds is 7. The standard InChI is InChI=1S/C16H15NO5/c18-15(10-21-11-16(19)20)17-12-6-8-14(9-7-12)22-13-4-2-1-3-5-13/h1-9H,10-11H2,(H,17,18)(H,19,20)/p-1. The highest BCUT2D eigenvalue weighted by Gasteiger charge is 2.03. The minimum absolute atomic E-state index is 0.351. The van der Waals surface area contributed by atoms with Crippen LogP contribution >= 0.6 is 0 Å². The van der Waals surface area contributed by atoms with Crippen LogP contribution in [-0.4, -0.2) is 25.1 Å². The minimum Gasteiger partial charge on any atom is -0.548 e. The summed E-state index contributed by atoms with van der Waals surface area (Å²) in [5.74, 6) is -0.458. The fraction of sp³-hybridized carbons (Fsp3) is 0.125. The number of nitrogens with one attached hydrogen (secondary N) is 1. The lowest BCUT2D eigenvalue weighted by molar-refractivity contribution is -0.309. The second kappa shape index (κ2) is 7.80. The lowest BCUT2D eigenvalue weighted by Crippen LogP contribution is -2.29. The summed E-state index contributed by atoms with van der Waals surface area (Å²) in [6.45, 7) is -0.965. The van der Waals surface area contributed by atoms with Crippen LogP contribution < -0.4 is 15.2 Å². The average molecular weight is 300 g/mol. The Morgan fingerprint density at radius 1 is 0.909 bits per heavy atom. The molecule has 0 fully saturated rings. The summed E-state index contributed by atoms with van der Waals surface area (Å²) in [5.41, 5.74) is 0.558. The summed E-state index contributed by atoms with van der Waals surface area (Å²) < 4.78 is 10.3. The number of amides is 1. The number of carbonyl (C=O) groups excluding carboxylic acids is 2. The molecule has 0 aliphatic carbocycles. The van der Waals surface area contributed by atoms with Crippen LogP contribution in [0.2, 0.25) is 0 Å². The first-order valence-corrected chi connectivity index (χ1v) is 6.54. The second-order valence-corrected chi connectivity index (χ2v) is 4.35. The van der Waals surface area contributed by atoms with Crippen LogP contribution in [0.15, 0.2) is 54.6 Å². The highest BCUT2D eigenvalue weighted by molar-refractivity contribution is 5.91. The number of para-hydroxylation sites is 1. The monoisotopic (exact) mass is 300 g/mol. The minimum atomic E-state index is -1.37. The van der Waals surface area contributed by atoms with Crippen LogP contribution in [0.3, 0.4) is 0 Å². The van der Waals surface area contributed by atoms with E-state index in [1.54, 1.807) is 24.3 Å². The maximum absolute atomic E-state index is 11.5. The molecule has 0 aromatic heterocycles. The molecule has 0 unspecified atom stereocenters. The fourth-order valence-electron chi connectivity index (χ4n) is 1.66. The van der Waals surface area contributed by atoms with Crippen molar-refractivity contribution >= 4 is 17.6 Å². The SMILES string of the molecule is O=C([O-])COCC(=O)Nc1ccc(Oc2ccccc2)cc1. The number of anilines is 1. The van der Waals surface area contributed by atoms with Crippen molar-refractivity contribution in [2.45, 2.75) is 0 Å². The zero-order chi connectivity index (χ0) is 15.8. The van der Waals surface area contributed by atoms with Crippen LogP contribution in [0.5, 0.6) is 11.5 Å². The first kappa shape index (κ1) is 15.5. The van der Waals surface area contributed by atoms with Crippen molar-refractivity contribution in [2.24, 2.45) is 0 Å². The van der Waals surface area contributed by atoms with Gasteiger partial charge in [-0.1, -0.05) is 18.2 Å². The number of benzene rings is 2. The Hall–Kier alpha value is -2.86. The van der Waals surface area contributed by atoms with Crippen molar-refractivity contribution in [3.05, 3.63) is 54.6 Å². The number of hydrogen-bond acceptors (Lipinski definition) is 5. The molecule has 0 saturated carbocycles. The molecule has 0 radical (unpaired) electrons. The van der Waals surface area contributed by atoms with E-state index in [9.17, 15) is 14.7 Å². The van der Waals surface area contributed by atoms with Crippen molar-refractivity contribution in [1.29, 1.82) is 0 Å². The van der Waals surface area contributed by atoms with E-state index >= 15 is 0 Å². The molecule has 0 aliphatic rings. The van der Waals surface area contributed by atoms with Gasteiger partial charge in [0.15, 0.2) is 0 Å². The second-order valence-electron chi connectivity index (χ2n) is 4.35. The van der Waals surface area contributed by atoms with Crippen LogP contribution in [0.25, 0.3) is 0 Å². The number of carbonyl (C=O) groups is 2. The smallest absolute Gasteiger partial charge is 0.250 e. The maximum Gasteiger partial charge on any atom is 0.250 e. The summed E-state index contributed by atoms with van der Waals surface area (Å²) in [6, 6.07) is 16.1. The van der Waals surface area contributed by atoms with Gasteiger partial charge in [-0.25, -0.2) is 0 Å². The Kier molecular flexibility index (Phi) is 5.50. The van der Waals surface area contributed by atoms with Gasteiger partial charge in [-0.15, -0.1) is 0 Å². The third kappa shape index (κ3) is 5.26. The van der Waals surface area contributed by atoms with Gasteiger partial charge in [0.2, 0.25) is 5.91 Å². The van der Waals surface area contributed by atoms with Gasteiger partial charge in [-0.05, 0) is 36.4 Å². The molecule has 114 valence electrons. The van der Waals surface area contributed by atoms with Crippen molar-refractivity contribution in [3.63, 3.8) is 0 Å². The van der Waals surface area contributed by atoms with E-state index in [2.05, 4.69) is 10.1 Å². The van der Waals surface area contributed by atoms with Crippen molar-refractivity contribution in [1.82, 2.24) is 0 Å². The summed E-state index contributed by atoms with van der Waals surface area (Å²) in [4.78, 5) is 21.6. The predicted molar refractivity (Wildman–Crippen MR) is 77.4 cm³/mol. The molecule has 0 spiro atoms. The summed E-state index contributed by atoms with van der Waals surface area (Å²) in [5, 5.41) is 12.7. The molecular weight excluding hydrogens is 286 g/mol. The van der Waals surface area contributed by atoms with E-state index in [1.807, 2.05) is 30.3 Å². The molecule has 1 N–H and O–H groups in total. The molecule has 6 nitrogen and oxygen atoms in total. The van der Waals surface area contributed by atoms with E-state index in [4.69, 9.17) is 4.74 Å². The Morgan fingerprint density at radius 2 is 1.55 bits per heavy atom. The van der Waals surface area contributed by atoms with E-state index in [0.717, 1.165) is 5.75 Å². The van der Waals surface area contributed by atoms with Crippen LogP contribution in [0.4, 0.5) is 5.69 Å². The molecule has 0 saturated heterocycles. The van der Waals surface area contributed by atoms with Crippen LogP contribution in [-0.2, 0) is 14.3 Å². The number of ether oxygens (including phenoxy) is 2. The molecule has 0 aliphatic heterocycles. The number of aliphatic carboxylic acids is 1. The summed E-state index contributed by atoms with van der Waals surface area (Å²) in [7, 11) is 0. The van der Waals surface area contributed by atoms with Gasteiger partial charge < -0.3 is 24.7 Å². The van der Waals surface area contributed by atoms with Gasteiger partial charge in [0.25, 0.3) is 0 Å². The molecule has 0 atom stereocenters. The predicted octanol–water partition coefficient (Wildman–Crippen LogP) is 1.18. The third-order valence-corrected chi connectivity index (χ3v) is 2.57. The molecule has 0 bridgehead atoms. The maximum atomic E-state index is 11.5. The number of carboxylic acid groups (broad SMARTS) is 1. The van der Waals surface area contributed by atoms with Gasteiger partial charge in [-0.3, -0.25) is 4.79 Å². The van der Waals surface area contributed by atoms with Gasteiger partial charge in [0, 0.05) is 5.69 Å². The van der Waals surface area contributed by atoms with Crippen LogP contribution in [0, 0.1) is 0 Å². The largest absolute Gasteiger partial charge is 0.548 e.